The molecule has 0 spiro atoms. The summed E-state index contributed by atoms with van der Waals surface area (Å²) < 4.78 is 11.1. The van der Waals surface area contributed by atoms with Crippen LogP contribution in [0, 0.1) is 0 Å². The van der Waals surface area contributed by atoms with Crippen LogP contribution in [0.15, 0.2) is 36.5 Å². The van der Waals surface area contributed by atoms with Crippen LogP contribution in [0.3, 0.4) is 0 Å². The van der Waals surface area contributed by atoms with Gasteiger partial charge >= 0.3 is 0 Å². The first-order valence-corrected chi connectivity index (χ1v) is 6.36. The van der Waals surface area contributed by atoms with E-state index in [2.05, 4.69) is 16.4 Å². The number of aromatic nitrogens is 1. The number of hydrogen-bond acceptors (Lipinski definition) is 4. The van der Waals surface area contributed by atoms with E-state index < -0.39 is 0 Å². The van der Waals surface area contributed by atoms with Gasteiger partial charge in [-0.3, -0.25) is 4.98 Å². The molecule has 0 aliphatic carbocycles. The van der Waals surface area contributed by atoms with Gasteiger partial charge in [0.15, 0.2) is 11.5 Å². The van der Waals surface area contributed by atoms with Gasteiger partial charge in [0.1, 0.15) is 13.2 Å². The minimum atomic E-state index is 0.609. The fraction of sp³-hybridized carbons (Fsp3) is 0.267. The number of benzene rings is 1. The van der Waals surface area contributed by atoms with Gasteiger partial charge in [0.2, 0.25) is 0 Å². The van der Waals surface area contributed by atoms with Crippen molar-refractivity contribution in [2.24, 2.45) is 0 Å². The van der Waals surface area contributed by atoms with Gasteiger partial charge in [-0.2, -0.15) is 0 Å². The highest BCUT2D eigenvalue weighted by molar-refractivity contribution is 5.67. The molecule has 1 aromatic carbocycles. The number of ether oxygens (including phenoxy) is 2. The highest BCUT2D eigenvalue weighted by Crippen LogP contribution is 2.34. The van der Waals surface area contributed by atoms with Crippen molar-refractivity contribution in [1.82, 2.24) is 10.3 Å². The predicted molar refractivity (Wildman–Crippen MR) is 73.4 cm³/mol. The molecule has 1 aliphatic rings. The maximum atomic E-state index is 5.61. The van der Waals surface area contributed by atoms with Crippen molar-refractivity contribution in [2.75, 3.05) is 20.3 Å². The van der Waals surface area contributed by atoms with E-state index in [0.717, 1.165) is 34.9 Å². The highest BCUT2D eigenvalue weighted by atomic mass is 16.6. The van der Waals surface area contributed by atoms with Crippen molar-refractivity contribution in [3.8, 4) is 22.6 Å². The molecule has 0 fully saturated rings. The van der Waals surface area contributed by atoms with E-state index in [1.165, 1.54) is 0 Å². The monoisotopic (exact) mass is 256 g/mol. The lowest BCUT2D eigenvalue weighted by Crippen LogP contribution is -2.15. The van der Waals surface area contributed by atoms with E-state index in [1.807, 2.05) is 37.5 Å². The summed E-state index contributed by atoms with van der Waals surface area (Å²) in [6.45, 7) is 1.99. The Labute approximate surface area is 112 Å². The number of pyridine rings is 1. The molecule has 0 unspecified atom stereocenters. The zero-order chi connectivity index (χ0) is 13.1. The smallest absolute Gasteiger partial charge is 0.161 e. The summed E-state index contributed by atoms with van der Waals surface area (Å²) in [6.07, 6.45) is 1.83. The van der Waals surface area contributed by atoms with Gasteiger partial charge in [0, 0.05) is 12.7 Å². The number of rotatable bonds is 3. The molecule has 1 aliphatic heterocycles. The van der Waals surface area contributed by atoms with Crippen LogP contribution in [-0.2, 0) is 6.54 Å². The third-order valence-electron chi connectivity index (χ3n) is 3.05. The standard InChI is InChI=1S/C15H16N2O2/c1-16-10-13-8-12(4-5-17-13)11-2-3-14-15(9-11)19-7-6-18-14/h2-5,8-9,16H,6-7,10H2,1H3. The van der Waals surface area contributed by atoms with E-state index in [9.17, 15) is 0 Å². The van der Waals surface area contributed by atoms with E-state index in [-0.39, 0.29) is 0 Å². The molecule has 1 N–H and O–H groups in total. The maximum absolute atomic E-state index is 5.61. The molecule has 0 atom stereocenters. The van der Waals surface area contributed by atoms with Crippen LogP contribution in [0.25, 0.3) is 11.1 Å². The predicted octanol–water partition coefficient (Wildman–Crippen LogP) is 2.24. The second-order valence-electron chi connectivity index (χ2n) is 4.42. The first kappa shape index (κ1) is 12.0. The zero-order valence-electron chi connectivity index (χ0n) is 10.8. The van der Waals surface area contributed by atoms with E-state index in [1.54, 1.807) is 0 Å². The average molecular weight is 256 g/mol. The van der Waals surface area contributed by atoms with Crippen molar-refractivity contribution in [3.05, 3.63) is 42.2 Å². The van der Waals surface area contributed by atoms with Crippen LogP contribution >= 0.6 is 0 Å². The highest BCUT2D eigenvalue weighted by Gasteiger charge is 2.12. The molecule has 0 saturated heterocycles. The molecule has 2 aromatic rings. The Kier molecular flexibility index (Phi) is 3.33. The van der Waals surface area contributed by atoms with Crippen LogP contribution in [0.4, 0.5) is 0 Å². The van der Waals surface area contributed by atoms with Gasteiger partial charge < -0.3 is 14.8 Å². The topological polar surface area (TPSA) is 43.4 Å². The first-order chi connectivity index (χ1) is 9.36. The van der Waals surface area contributed by atoms with Crippen molar-refractivity contribution in [3.63, 3.8) is 0 Å². The van der Waals surface area contributed by atoms with Gasteiger partial charge in [0.25, 0.3) is 0 Å². The lowest BCUT2D eigenvalue weighted by molar-refractivity contribution is 0.171. The fourth-order valence-electron chi connectivity index (χ4n) is 2.16. The number of fused-ring (bicyclic) bond motifs is 1. The minimum absolute atomic E-state index is 0.609. The second kappa shape index (κ2) is 5.28. The average Bonchev–Trinajstić information content (AvgIpc) is 2.47. The van der Waals surface area contributed by atoms with Crippen molar-refractivity contribution in [2.45, 2.75) is 6.54 Å². The second-order valence-corrected chi connectivity index (χ2v) is 4.42. The maximum Gasteiger partial charge on any atom is 0.161 e. The summed E-state index contributed by atoms with van der Waals surface area (Å²) >= 11 is 0. The van der Waals surface area contributed by atoms with Gasteiger partial charge in [0.05, 0.1) is 5.69 Å². The van der Waals surface area contributed by atoms with Gasteiger partial charge in [-0.1, -0.05) is 6.07 Å². The molecule has 2 heterocycles. The summed E-state index contributed by atoms with van der Waals surface area (Å²) in [7, 11) is 1.92. The lowest BCUT2D eigenvalue weighted by Gasteiger charge is -2.19. The van der Waals surface area contributed by atoms with E-state index >= 15 is 0 Å². The minimum Gasteiger partial charge on any atom is -0.486 e. The van der Waals surface area contributed by atoms with Crippen LogP contribution in [0.2, 0.25) is 0 Å². The Hall–Kier alpha value is -2.07. The third kappa shape index (κ3) is 2.53. The summed E-state index contributed by atoms with van der Waals surface area (Å²) in [5.74, 6) is 1.63. The Bertz CT molecular complexity index is 584. The normalized spacial score (nSPS) is 13.3. The Morgan fingerprint density at radius 3 is 2.68 bits per heavy atom. The first-order valence-electron chi connectivity index (χ1n) is 6.36. The molecule has 0 bridgehead atoms. The quantitative estimate of drug-likeness (QED) is 0.914. The van der Waals surface area contributed by atoms with Gasteiger partial charge in [-0.05, 0) is 42.4 Å². The number of nitrogens with one attached hydrogen (secondary N) is 1. The SMILES string of the molecule is CNCc1cc(-c2ccc3c(c2)OCCO3)ccn1. The Morgan fingerprint density at radius 1 is 1.05 bits per heavy atom. The summed E-state index contributed by atoms with van der Waals surface area (Å²) in [5, 5.41) is 3.11. The molecule has 19 heavy (non-hydrogen) atoms. The third-order valence-corrected chi connectivity index (χ3v) is 3.05. The molecule has 98 valence electrons. The van der Waals surface area contributed by atoms with Crippen molar-refractivity contribution < 1.29 is 9.47 Å². The van der Waals surface area contributed by atoms with Crippen LogP contribution in [0.1, 0.15) is 5.69 Å². The Balaban J connectivity index is 1.95. The lowest BCUT2D eigenvalue weighted by atomic mass is 10.1. The van der Waals surface area contributed by atoms with Crippen LogP contribution in [0.5, 0.6) is 11.5 Å². The molecule has 0 amide bonds. The van der Waals surface area contributed by atoms with Crippen molar-refractivity contribution in [1.29, 1.82) is 0 Å². The summed E-state index contributed by atoms with van der Waals surface area (Å²) in [6, 6.07) is 10.1. The molecule has 4 heteroatoms. The molecular formula is C15H16N2O2. The van der Waals surface area contributed by atoms with Gasteiger partial charge in [-0.25, -0.2) is 0 Å². The molecule has 3 rings (SSSR count). The van der Waals surface area contributed by atoms with E-state index in [0.29, 0.717) is 13.2 Å². The zero-order valence-corrected chi connectivity index (χ0v) is 10.8. The molecule has 0 saturated carbocycles. The molecule has 0 radical (unpaired) electrons. The largest absolute Gasteiger partial charge is 0.486 e. The molecule has 1 aromatic heterocycles. The number of nitrogens with zero attached hydrogens (tertiary/aromatic N) is 1. The van der Waals surface area contributed by atoms with Crippen LogP contribution in [-0.4, -0.2) is 25.2 Å². The molecule has 4 nitrogen and oxygen atoms in total. The number of hydrogen-bond donors (Lipinski definition) is 1. The van der Waals surface area contributed by atoms with Crippen molar-refractivity contribution >= 4 is 0 Å². The molecular weight excluding hydrogens is 240 g/mol. The van der Waals surface area contributed by atoms with E-state index in [4.69, 9.17) is 9.47 Å². The summed E-state index contributed by atoms with van der Waals surface area (Å²) in [4.78, 5) is 4.32. The van der Waals surface area contributed by atoms with Crippen LogP contribution < -0.4 is 14.8 Å². The fourth-order valence-corrected chi connectivity index (χ4v) is 2.16. The van der Waals surface area contributed by atoms with Gasteiger partial charge in [-0.15, -0.1) is 0 Å². The Morgan fingerprint density at radius 2 is 1.84 bits per heavy atom. The summed E-state index contributed by atoms with van der Waals surface area (Å²) in [5.41, 5.74) is 3.27.